The molecule has 0 spiro atoms. The summed E-state index contributed by atoms with van der Waals surface area (Å²) < 4.78 is 15.5. The standard InChI is InChI=1S/C12H20BrNO4/c1-12(2,3)18-11(15)14(6-4-5-13)7-10-8-16-9-17-10/h8H,4-7,9H2,1-3H3. The maximum Gasteiger partial charge on any atom is 0.410 e. The van der Waals surface area contributed by atoms with Crippen molar-refractivity contribution >= 4 is 22.0 Å². The van der Waals surface area contributed by atoms with Gasteiger partial charge < -0.3 is 19.1 Å². The third-order valence-electron chi connectivity index (χ3n) is 2.09. The minimum Gasteiger partial charge on any atom is -0.462 e. The van der Waals surface area contributed by atoms with Gasteiger partial charge in [-0.15, -0.1) is 0 Å². The zero-order valence-electron chi connectivity index (χ0n) is 11.1. The van der Waals surface area contributed by atoms with E-state index >= 15 is 0 Å². The molecule has 0 saturated heterocycles. The maximum absolute atomic E-state index is 12.0. The summed E-state index contributed by atoms with van der Waals surface area (Å²) >= 11 is 3.35. The van der Waals surface area contributed by atoms with Gasteiger partial charge in [-0.1, -0.05) is 15.9 Å². The van der Waals surface area contributed by atoms with Gasteiger partial charge in [-0.25, -0.2) is 4.79 Å². The van der Waals surface area contributed by atoms with Gasteiger partial charge in [-0.2, -0.15) is 0 Å². The van der Waals surface area contributed by atoms with Gasteiger partial charge in [0, 0.05) is 11.9 Å². The largest absolute Gasteiger partial charge is 0.462 e. The molecule has 1 rings (SSSR count). The van der Waals surface area contributed by atoms with E-state index in [4.69, 9.17) is 14.2 Å². The van der Waals surface area contributed by atoms with Crippen LogP contribution in [0.15, 0.2) is 12.0 Å². The van der Waals surface area contributed by atoms with Gasteiger partial charge in [-0.3, -0.25) is 0 Å². The summed E-state index contributed by atoms with van der Waals surface area (Å²) in [5.41, 5.74) is -0.495. The fourth-order valence-electron chi connectivity index (χ4n) is 1.35. The molecule has 1 aliphatic heterocycles. The van der Waals surface area contributed by atoms with Crippen molar-refractivity contribution in [2.45, 2.75) is 32.8 Å². The minimum absolute atomic E-state index is 0.218. The first kappa shape index (κ1) is 15.1. The van der Waals surface area contributed by atoms with E-state index in [1.165, 1.54) is 6.26 Å². The molecule has 0 atom stereocenters. The minimum atomic E-state index is -0.495. The number of ether oxygens (including phenoxy) is 3. The number of rotatable bonds is 5. The van der Waals surface area contributed by atoms with E-state index in [9.17, 15) is 4.79 Å². The highest BCUT2D eigenvalue weighted by molar-refractivity contribution is 9.09. The Morgan fingerprint density at radius 1 is 1.56 bits per heavy atom. The molecule has 6 heteroatoms. The van der Waals surface area contributed by atoms with Gasteiger partial charge in [0.05, 0.1) is 6.54 Å². The molecule has 0 fully saturated rings. The van der Waals surface area contributed by atoms with E-state index in [-0.39, 0.29) is 12.9 Å². The van der Waals surface area contributed by atoms with Gasteiger partial charge in [-0.05, 0) is 27.2 Å². The fraction of sp³-hybridized carbons (Fsp3) is 0.750. The molecule has 0 aromatic carbocycles. The van der Waals surface area contributed by atoms with E-state index in [0.717, 1.165) is 11.8 Å². The third kappa shape index (κ3) is 5.62. The van der Waals surface area contributed by atoms with Crippen LogP contribution in [-0.2, 0) is 14.2 Å². The van der Waals surface area contributed by atoms with Crippen LogP contribution >= 0.6 is 15.9 Å². The summed E-state index contributed by atoms with van der Waals surface area (Å²) in [6.07, 6.45) is 2.05. The van der Waals surface area contributed by atoms with Gasteiger partial charge in [0.15, 0.2) is 5.76 Å². The van der Waals surface area contributed by atoms with Crippen molar-refractivity contribution in [2.75, 3.05) is 25.2 Å². The molecule has 1 aliphatic rings. The Bertz CT molecular complexity index is 312. The van der Waals surface area contributed by atoms with Crippen LogP contribution in [-0.4, -0.2) is 41.8 Å². The highest BCUT2D eigenvalue weighted by Gasteiger charge is 2.23. The number of alkyl halides is 1. The monoisotopic (exact) mass is 321 g/mol. The zero-order valence-corrected chi connectivity index (χ0v) is 12.7. The number of hydrogen-bond donors (Lipinski definition) is 0. The predicted molar refractivity (Wildman–Crippen MR) is 71.3 cm³/mol. The summed E-state index contributed by atoms with van der Waals surface area (Å²) in [6, 6.07) is 0. The molecule has 0 aromatic rings. The second kappa shape index (κ2) is 6.87. The molecule has 0 saturated carbocycles. The van der Waals surface area contributed by atoms with Gasteiger partial charge in [0.25, 0.3) is 0 Å². The lowest BCUT2D eigenvalue weighted by Gasteiger charge is -2.27. The van der Waals surface area contributed by atoms with Crippen LogP contribution in [0.1, 0.15) is 27.2 Å². The Morgan fingerprint density at radius 3 is 2.78 bits per heavy atom. The number of amides is 1. The van der Waals surface area contributed by atoms with Crippen LogP contribution < -0.4 is 0 Å². The normalized spacial score (nSPS) is 14.6. The first-order valence-corrected chi connectivity index (χ1v) is 7.02. The topological polar surface area (TPSA) is 48.0 Å². The van der Waals surface area contributed by atoms with Crippen LogP contribution in [0.25, 0.3) is 0 Å². The number of nitrogens with zero attached hydrogens (tertiary/aromatic N) is 1. The first-order valence-electron chi connectivity index (χ1n) is 5.90. The van der Waals surface area contributed by atoms with Crippen LogP contribution in [0.3, 0.4) is 0 Å². The molecule has 1 heterocycles. The van der Waals surface area contributed by atoms with Crippen LogP contribution in [0.2, 0.25) is 0 Å². The SMILES string of the molecule is CC(C)(C)OC(=O)N(CCCBr)CC1=COCO1. The van der Waals surface area contributed by atoms with E-state index in [0.29, 0.717) is 18.8 Å². The Labute approximate surface area is 116 Å². The smallest absolute Gasteiger partial charge is 0.410 e. The van der Waals surface area contributed by atoms with Gasteiger partial charge in [0.2, 0.25) is 6.79 Å². The molecule has 104 valence electrons. The molecule has 0 unspecified atom stereocenters. The zero-order chi connectivity index (χ0) is 13.6. The van der Waals surface area contributed by atoms with Crippen molar-refractivity contribution in [3.8, 4) is 0 Å². The molecule has 0 N–H and O–H groups in total. The number of halogens is 1. The first-order chi connectivity index (χ1) is 8.42. The molecule has 0 radical (unpaired) electrons. The second-order valence-corrected chi connectivity index (χ2v) is 5.75. The molecule has 0 aromatic heterocycles. The van der Waals surface area contributed by atoms with Crippen molar-refractivity contribution < 1.29 is 19.0 Å². The van der Waals surface area contributed by atoms with E-state index in [1.54, 1.807) is 4.90 Å². The molecule has 0 bridgehead atoms. The molecular weight excluding hydrogens is 302 g/mol. The summed E-state index contributed by atoms with van der Waals surface area (Å²) in [5.74, 6) is 0.649. The Hall–Kier alpha value is -0.910. The average Bonchev–Trinajstić information content (AvgIpc) is 2.74. The van der Waals surface area contributed by atoms with Crippen LogP contribution in [0.4, 0.5) is 4.79 Å². The number of carbonyl (C=O) groups is 1. The third-order valence-corrected chi connectivity index (χ3v) is 2.65. The summed E-state index contributed by atoms with van der Waals surface area (Å²) in [6.45, 7) is 6.75. The van der Waals surface area contributed by atoms with Crippen molar-refractivity contribution in [2.24, 2.45) is 0 Å². The lowest BCUT2D eigenvalue weighted by atomic mass is 10.2. The Balaban J connectivity index is 2.55. The highest BCUT2D eigenvalue weighted by Crippen LogP contribution is 2.14. The van der Waals surface area contributed by atoms with E-state index < -0.39 is 5.60 Å². The van der Waals surface area contributed by atoms with E-state index in [1.807, 2.05) is 20.8 Å². The molecule has 1 amide bonds. The van der Waals surface area contributed by atoms with E-state index in [2.05, 4.69) is 15.9 Å². The summed E-state index contributed by atoms with van der Waals surface area (Å²) in [5, 5.41) is 0.836. The maximum atomic E-state index is 12.0. The van der Waals surface area contributed by atoms with Crippen LogP contribution in [0, 0.1) is 0 Å². The molecule has 18 heavy (non-hydrogen) atoms. The van der Waals surface area contributed by atoms with Crippen molar-refractivity contribution in [1.82, 2.24) is 4.90 Å². The van der Waals surface area contributed by atoms with Gasteiger partial charge >= 0.3 is 6.09 Å². The summed E-state index contributed by atoms with van der Waals surface area (Å²) in [4.78, 5) is 13.6. The predicted octanol–water partition coefficient (Wildman–Crippen LogP) is 2.85. The lowest BCUT2D eigenvalue weighted by molar-refractivity contribution is 0.0215. The number of hydrogen-bond acceptors (Lipinski definition) is 4. The second-order valence-electron chi connectivity index (χ2n) is 4.96. The Morgan fingerprint density at radius 2 is 2.28 bits per heavy atom. The van der Waals surface area contributed by atoms with Crippen molar-refractivity contribution in [1.29, 1.82) is 0 Å². The van der Waals surface area contributed by atoms with Crippen molar-refractivity contribution in [3.05, 3.63) is 12.0 Å². The molecular formula is C12H20BrNO4. The van der Waals surface area contributed by atoms with Gasteiger partial charge in [0.1, 0.15) is 11.9 Å². The highest BCUT2D eigenvalue weighted by atomic mass is 79.9. The molecule has 5 nitrogen and oxygen atoms in total. The average molecular weight is 322 g/mol. The quantitative estimate of drug-likeness (QED) is 0.730. The van der Waals surface area contributed by atoms with Crippen molar-refractivity contribution in [3.63, 3.8) is 0 Å². The lowest BCUT2D eigenvalue weighted by Crippen LogP contribution is -2.38. The van der Waals surface area contributed by atoms with Crippen LogP contribution in [0.5, 0.6) is 0 Å². The molecule has 0 aliphatic carbocycles. The Kier molecular flexibility index (Phi) is 5.78. The summed E-state index contributed by atoms with van der Waals surface area (Å²) in [7, 11) is 0. The number of carbonyl (C=O) groups excluding carboxylic acids is 1. The fourth-order valence-corrected chi connectivity index (χ4v) is 1.60.